The van der Waals surface area contributed by atoms with Gasteiger partial charge in [0.2, 0.25) is 0 Å². The van der Waals surface area contributed by atoms with Gasteiger partial charge in [0.05, 0.1) is 0 Å². The van der Waals surface area contributed by atoms with E-state index in [4.69, 9.17) is 0 Å². The Kier molecular flexibility index (Phi) is 4.44. The molecule has 0 aliphatic heterocycles. The summed E-state index contributed by atoms with van der Waals surface area (Å²) in [5, 5.41) is 7.22. The number of rotatable bonds is 4. The monoisotopic (exact) mass is 266 g/mol. The average Bonchev–Trinajstić information content (AvgIpc) is 2.19. The second-order valence-electron chi connectivity index (χ2n) is 5.71. The van der Waals surface area contributed by atoms with Crippen molar-refractivity contribution in [3.05, 3.63) is 0 Å². The van der Waals surface area contributed by atoms with Gasteiger partial charge < -0.3 is 0 Å². The van der Waals surface area contributed by atoms with Crippen LogP contribution in [0.3, 0.4) is 0 Å². The van der Waals surface area contributed by atoms with Gasteiger partial charge in [-0.1, -0.05) is 13.8 Å². The van der Waals surface area contributed by atoms with Crippen LogP contribution in [0.1, 0.15) is 40.5 Å². The van der Waals surface area contributed by atoms with Gasteiger partial charge in [-0.2, -0.15) is 10.2 Å². The van der Waals surface area contributed by atoms with Gasteiger partial charge >= 0.3 is 0 Å². The Balaban J connectivity index is 2.87. The Labute approximate surface area is 111 Å². The largest absolute Gasteiger partial charge is 0.297 e. The lowest BCUT2D eigenvalue weighted by Crippen LogP contribution is -2.40. The van der Waals surface area contributed by atoms with Crippen molar-refractivity contribution < 1.29 is 19.2 Å². The number of Topliss-reactive ketones (excluding diaryl/α,β-unsaturated/α-hetero) is 4. The summed E-state index contributed by atoms with van der Waals surface area (Å²) in [4.78, 5) is 46.0. The van der Waals surface area contributed by atoms with Gasteiger partial charge in [-0.3, -0.25) is 19.2 Å². The van der Waals surface area contributed by atoms with E-state index in [0.717, 1.165) is 0 Å². The maximum atomic E-state index is 11.8. The van der Waals surface area contributed by atoms with Crippen molar-refractivity contribution in [3.8, 4) is 0 Å². The summed E-state index contributed by atoms with van der Waals surface area (Å²) in [6.45, 7) is 6.12. The molecule has 0 N–H and O–H groups in total. The van der Waals surface area contributed by atoms with E-state index in [9.17, 15) is 19.2 Å². The summed E-state index contributed by atoms with van der Waals surface area (Å²) < 4.78 is 0. The quantitative estimate of drug-likeness (QED) is 0.566. The first-order valence-electron chi connectivity index (χ1n) is 6.10. The fourth-order valence-electron chi connectivity index (χ4n) is 2.09. The molecule has 0 unspecified atom stereocenters. The van der Waals surface area contributed by atoms with Crippen LogP contribution in [0.4, 0.5) is 0 Å². The second-order valence-corrected chi connectivity index (χ2v) is 5.71. The molecular formula is C13H18N2O4. The number of azo groups is 1. The molecule has 0 radical (unpaired) electrons. The van der Waals surface area contributed by atoms with E-state index in [1.807, 2.05) is 13.8 Å². The van der Waals surface area contributed by atoms with Gasteiger partial charge in [0.15, 0.2) is 35.2 Å². The van der Waals surface area contributed by atoms with Gasteiger partial charge in [-0.15, -0.1) is 0 Å². The van der Waals surface area contributed by atoms with Crippen molar-refractivity contribution >= 4 is 23.1 Å². The molecule has 1 saturated carbocycles. The number of hydrogen-bond acceptors (Lipinski definition) is 6. The number of hydrogen-bond donors (Lipinski definition) is 0. The lowest BCUT2D eigenvalue weighted by molar-refractivity contribution is -0.136. The lowest BCUT2D eigenvalue weighted by Gasteiger charge is -2.29. The highest BCUT2D eigenvalue weighted by Crippen LogP contribution is 2.32. The first kappa shape index (κ1) is 15.3. The highest BCUT2D eigenvalue weighted by molar-refractivity contribution is 6.09. The van der Waals surface area contributed by atoms with Crippen molar-refractivity contribution in [1.29, 1.82) is 0 Å². The molecule has 0 saturated heterocycles. The predicted molar refractivity (Wildman–Crippen MR) is 66.8 cm³/mol. The summed E-state index contributed by atoms with van der Waals surface area (Å²) in [5.74, 6) is -1.52. The third-order valence-electron chi connectivity index (χ3n) is 2.98. The zero-order valence-electron chi connectivity index (χ0n) is 11.6. The van der Waals surface area contributed by atoms with E-state index in [0.29, 0.717) is 0 Å². The molecule has 19 heavy (non-hydrogen) atoms. The number of carbonyl (C=O) groups excluding carboxylic acids is 4. The molecule has 1 fully saturated rings. The third kappa shape index (κ3) is 3.87. The van der Waals surface area contributed by atoms with Gasteiger partial charge in [0.1, 0.15) is 0 Å². The molecule has 104 valence electrons. The van der Waals surface area contributed by atoms with Crippen molar-refractivity contribution in [2.75, 3.05) is 0 Å². The molecule has 6 nitrogen and oxygen atoms in total. The van der Waals surface area contributed by atoms with Crippen LogP contribution in [0.25, 0.3) is 0 Å². The van der Waals surface area contributed by atoms with Gasteiger partial charge in [0, 0.05) is 12.8 Å². The van der Waals surface area contributed by atoms with Crippen LogP contribution in [0.15, 0.2) is 10.2 Å². The average molecular weight is 266 g/mol. The minimum Gasteiger partial charge on any atom is -0.297 e. The molecule has 6 heteroatoms. The molecule has 1 aliphatic carbocycles. The number of nitrogens with zero attached hydrogens (tertiary/aromatic N) is 2. The number of carbonyl (C=O) groups is 4. The highest BCUT2D eigenvalue weighted by Gasteiger charge is 2.40. The van der Waals surface area contributed by atoms with E-state index in [2.05, 4.69) is 10.2 Å². The summed E-state index contributed by atoms with van der Waals surface area (Å²) in [5.41, 5.74) is -0.360. The normalized spacial score (nSPS) is 20.3. The zero-order valence-corrected chi connectivity index (χ0v) is 11.6. The van der Waals surface area contributed by atoms with Crippen LogP contribution in [0.5, 0.6) is 0 Å². The SMILES string of the molecule is CC(=O)C(N=NC1C(=O)CC(C)(C)CC1=O)C(C)=O. The van der Waals surface area contributed by atoms with Crippen LogP contribution in [0.2, 0.25) is 0 Å². The Morgan fingerprint density at radius 2 is 1.53 bits per heavy atom. The first-order valence-corrected chi connectivity index (χ1v) is 6.10. The van der Waals surface area contributed by atoms with Crippen molar-refractivity contribution in [3.63, 3.8) is 0 Å². The van der Waals surface area contributed by atoms with Gasteiger partial charge in [0.25, 0.3) is 0 Å². The van der Waals surface area contributed by atoms with Crippen molar-refractivity contribution in [2.24, 2.45) is 15.6 Å². The zero-order chi connectivity index (χ0) is 14.8. The first-order chi connectivity index (χ1) is 8.64. The van der Waals surface area contributed by atoms with Crippen molar-refractivity contribution in [1.82, 2.24) is 0 Å². The minimum absolute atomic E-state index is 0.243. The topological polar surface area (TPSA) is 93.0 Å². The molecule has 0 aromatic heterocycles. The van der Waals surface area contributed by atoms with E-state index < -0.39 is 23.7 Å². The van der Waals surface area contributed by atoms with E-state index in [-0.39, 0.29) is 29.8 Å². The molecule has 0 amide bonds. The van der Waals surface area contributed by atoms with Gasteiger partial charge in [-0.25, -0.2) is 0 Å². The maximum absolute atomic E-state index is 11.8. The Bertz CT molecular complexity index is 431. The highest BCUT2D eigenvalue weighted by atomic mass is 16.2. The van der Waals surface area contributed by atoms with E-state index in [1.165, 1.54) is 13.8 Å². The lowest BCUT2D eigenvalue weighted by atomic mass is 9.74. The van der Waals surface area contributed by atoms with Crippen molar-refractivity contribution in [2.45, 2.75) is 52.6 Å². The molecule has 0 spiro atoms. The fourth-order valence-corrected chi connectivity index (χ4v) is 2.09. The number of ketones is 4. The molecule has 1 aliphatic rings. The van der Waals surface area contributed by atoms with Crippen LogP contribution in [0, 0.1) is 5.41 Å². The van der Waals surface area contributed by atoms with Crippen LogP contribution in [-0.4, -0.2) is 35.2 Å². The summed E-state index contributed by atoms with van der Waals surface area (Å²) in [6.07, 6.45) is 0.487. The molecule has 0 atom stereocenters. The molecule has 1 rings (SSSR count). The molecule has 0 heterocycles. The van der Waals surface area contributed by atoms with E-state index in [1.54, 1.807) is 0 Å². The standard InChI is InChI=1S/C13H18N2O4/c1-7(16)11(8(2)17)14-15-12-9(18)5-13(3,4)6-10(12)19/h11-12H,5-6H2,1-4H3. The summed E-state index contributed by atoms with van der Waals surface area (Å²) >= 11 is 0. The second kappa shape index (κ2) is 5.50. The smallest absolute Gasteiger partial charge is 0.187 e. The van der Waals surface area contributed by atoms with Crippen LogP contribution in [-0.2, 0) is 19.2 Å². The predicted octanol–water partition coefficient (Wildman–Crippen LogP) is 1.31. The third-order valence-corrected chi connectivity index (χ3v) is 2.98. The summed E-state index contributed by atoms with van der Waals surface area (Å²) in [7, 11) is 0. The molecule has 0 aromatic rings. The van der Waals surface area contributed by atoms with Gasteiger partial charge in [-0.05, 0) is 19.3 Å². The molecule has 0 bridgehead atoms. The van der Waals surface area contributed by atoms with Crippen LogP contribution < -0.4 is 0 Å². The summed E-state index contributed by atoms with van der Waals surface area (Å²) in [6, 6.07) is -2.37. The Morgan fingerprint density at radius 1 is 1.11 bits per heavy atom. The molecule has 0 aromatic carbocycles. The Hall–Kier alpha value is -1.72. The van der Waals surface area contributed by atoms with E-state index >= 15 is 0 Å². The maximum Gasteiger partial charge on any atom is 0.187 e. The molecular weight excluding hydrogens is 248 g/mol. The fraction of sp³-hybridized carbons (Fsp3) is 0.692. The Morgan fingerprint density at radius 3 is 1.89 bits per heavy atom. The minimum atomic E-state index is -1.21. The van der Waals surface area contributed by atoms with Crippen LogP contribution >= 0.6 is 0 Å².